The summed E-state index contributed by atoms with van der Waals surface area (Å²) in [6, 6.07) is 0. The van der Waals surface area contributed by atoms with E-state index in [1.807, 2.05) is 6.92 Å². The summed E-state index contributed by atoms with van der Waals surface area (Å²) < 4.78 is 10.6. The minimum Gasteiger partial charge on any atom is -0.463 e. The Bertz CT molecular complexity index is 344. The monoisotopic (exact) mass is 264 g/mol. The Labute approximate surface area is 115 Å². The Kier molecular flexibility index (Phi) is 5.64. The summed E-state index contributed by atoms with van der Waals surface area (Å²) in [7, 11) is 0. The van der Waals surface area contributed by atoms with E-state index in [0.717, 1.165) is 25.7 Å². The minimum atomic E-state index is -0.105. The van der Waals surface area contributed by atoms with E-state index in [4.69, 9.17) is 9.47 Å². The molecule has 0 heterocycles. The molecule has 0 saturated heterocycles. The highest BCUT2D eigenvalue weighted by Crippen LogP contribution is 2.35. The minimum absolute atomic E-state index is 0.0824. The fourth-order valence-corrected chi connectivity index (χ4v) is 2.89. The van der Waals surface area contributed by atoms with Crippen LogP contribution >= 0.6 is 0 Å². The topological polar surface area (TPSA) is 35.5 Å². The lowest BCUT2D eigenvalue weighted by atomic mass is 9.90. The lowest BCUT2D eigenvalue weighted by Crippen LogP contribution is -2.22. The molecule has 0 aliphatic heterocycles. The number of rotatable bonds is 7. The van der Waals surface area contributed by atoms with E-state index < -0.39 is 0 Å². The van der Waals surface area contributed by atoms with Gasteiger partial charge >= 0.3 is 5.97 Å². The molecule has 0 atom stereocenters. The van der Waals surface area contributed by atoms with Crippen LogP contribution in [0.15, 0.2) is 23.3 Å². The van der Waals surface area contributed by atoms with Crippen molar-refractivity contribution in [2.45, 2.75) is 45.4 Å². The molecule has 0 bridgehead atoms. The van der Waals surface area contributed by atoms with Gasteiger partial charge in [-0.25, -0.2) is 0 Å². The molecule has 0 aromatic rings. The molecule has 0 fully saturated rings. The summed E-state index contributed by atoms with van der Waals surface area (Å²) in [5, 5.41) is 0. The van der Waals surface area contributed by atoms with Gasteiger partial charge in [-0.3, -0.25) is 4.79 Å². The van der Waals surface area contributed by atoms with Gasteiger partial charge in [0.05, 0.1) is 12.5 Å². The molecule has 19 heavy (non-hydrogen) atoms. The largest absolute Gasteiger partial charge is 0.463 e. The molecule has 0 amide bonds. The zero-order chi connectivity index (χ0) is 13.5. The molecule has 0 N–H and O–H groups in total. The third kappa shape index (κ3) is 3.93. The maximum absolute atomic E-state index is 12.3. The molecule has 0 unspecified atom stereocenters. The fourth-order valence-electron chi connectivity index (χ4n) is 2.89. The molecule has 2 aliphatic carbocycles. The van der Waals surface area contributed by atoms with Gasteiger partial charge in [-0.2, -0.15) is 0 Å². The van der Waals surface area contributed by atoms with E-state index in [9.17, 15) is 4.79 Å². The Morgan fingerprint density at radius 1 is 1.16 bits per heavy atom. The highest BCUT2D eigenvalue weighted by atomic mass is 16.6. The van der Waals surface area contributed by atoms with Gasteiger partial charge in [-0.15, -0.1) is 0 Å². The zero-order valence-electron chi connectivity index (χ0n) is 11.8. The number of ether oxygens (including phenoxy) is 2. The molecule has 0 aromatic carbocycles. The van der Waals surface area contributed by atoms with Crippen LogP contribution in [-0.4, -0.2) is 25.8 Å². The second-order valence-corrected chi connectivity index (χ2v) is 5.14. The van der Waals surface area contributed by atoms with Gasteiger partial charge in [0.25, 0.3) is 0 Å². The van der Waals surface area contributed by atoms with E-state index >= 15 is 0 Å². The quantitative estimate of drug-likeness (QED) is 0.401. The Morgan fingerprint density at radius 2 is 1.79 bits per heavy atom. The van der Waals surface area contributed by atoms with Crippen molar-refractivity contribution in [2.24, 2.45) is 5.92 Å². The van der Waals surface area contributed by atoms with Crippen LogP contribution < -0.4 is 0 Å². The van der Waals surface area contributed by atoms with E-state index in [1.165, 1.54) is 24.0 Å². The van der Waals surface area contributed by atoms with Gasteiger partial charge in [0.2, 0.25) is 0 Å². The Morgan fingerprint density at radius 3 is 2.26 bits per heavy atom. The van der Waals surface area contributed by atoms with E-state index in [1.54, 1.807) is 0 Å². The molecule has 0 spiro atoms. The molecular formula is C16H24O3. The van der Waals surface area contributed by atoms with Gasteiger partial charge in [-0.1, -0.05) is 23.3 Å². The summed E-state index contributed by atoms with van der Waals surface area (Å²) in [6.07, 6.45) is 11.1. The van der Waals surface area contributed by atoms with Gasteiger partial charge in [0.15, 0.2) is 0 Å². The van der Waals surface area contributed by atoms with E-state index in [0.29, 0.717) is 19.8 Å². The first-order valence-corrected chi connectivity index (χ1v) is 7.45. The second-order valence-electron chi connectivity index (χ2n) is 5.14. The summed E-state index contributed by atoms with van der Waals surface area (Å²) in [6.45, 7) is 3.46. The lowest BCUT2D eigenvalue weighted by Gasteiger charge is -2.19. The summed E-state index contributed by atoms with van der Waals surface area (Å²) in [4.78, 5) is 12.3. The standard InChI is InChI=1S/C16H24O3/c1-2-18-11-12-19-16(17)15(13-7-3-4-8-13)14-9-5-6-10-14/h7,9,15H,2-6,8,10-12H2,1H3. The average molecular weight is 264 g/mol. The van der Waals surface area contributed by atoms with Crippen LogP contribution in [-0.2, 0) is 14.3 Å². The van der Waals surface area contributed by atoms with E-state index in [-0.39, 0.29) is 11.9 Å². The van der Waals surface area contributed by atoms with Gasteiger partial charge in [0, 0.05) is 6.61 Å². The average Bonchev–Trinajstić information content (AvgIpc) is 3.08. The molecule has 0 radical (unpaired) electrons. The van der Waals surface area contributed by atoms with Crippen molar-refractivity contribution in [3.05, 3.63) is 23.3 Å². The van der Waals surface area contributed by atoms with E-state index in [2.05, 4.69) is 12.2 Å². The van der Waals surface area contributed by atoms with Crippen molar-refractivity contribution in [3.63, 3.8) is 0 Å². The van der Waals surface area contributed by atoms with Gasteiger partial charge in [-0.05, 0) is 45.4 Å². The molecule has 0 aromatic heterocycles. The van der Waals surface area contributed by atoms with Crippen LogP contribution in [0.25, 0.3) is 0 Å². The zero-order valence-corrected chi connectivity index (χ0v) is 11.8. The first-order valence-electron chi connectivity index (χ1n) is 7.45. The highest BCUT2D eigenvalue weighted by Gasteiger charge is 2.30. The first kappa shape index (κ1) is 14.3. The molecule has 106 valence electrons. The molecule has 0 saturated carbocycles. The molecule has 3 nitrogen and oxygen atoms in total. The Balaban J connectivity index is 1.94. The van der Waals surface area contributed by atoms with Crippen molar-refractivity contribution in [2.75, 3.05) is 19.8 Å². The second kappa shape index (κ2) is 7.49. The third-order valence-electron chi connectivity index (χ3n) is 3.81. The van der Waals surface area contributed by atoms with Crippen LogP contribution in [0.1, 0.15) is 45.4 Å². The number of esters is 1. The van der Waals surface area contributed by atoms with Gasteiger partial charge in [0.1, 0.15) is 6.61 Å². The van der Waals surface area contributed by atoms with Crippen LogP contribution in [0.5, 0.6) is 0 Å². The van der Waals surface area contributed by atoms with Crippen LogP contribution in [0, 0.1) is 5.92 Å². The number of carbonyl (C=O) groups excluding carboxylic acids is 1. The van der Waals surface area contributed by atoms with Crippen molar-refractivity contribution in [1.82, 2.24) is 0 Å². The smallest absolute Gasteiger partial charge is 0.317 e. The Hall–Kier alpha value is -1.09. The summed E-state index contributed by atoms with van der Waals surface area (Å²) >= 11 is 0. The number of hydrogen-bond acceptors (Lipinski definition) is 3. The maximum Gasteiger partial charge on any atom is 0.317 e. The fraction of sp³-hybridized carbons (Fsp3) is 0.688. The van der Waals surface area contributed by atoms with Crippen molar-refractivity contribution in [3.8, 4) is 0 Å². The lowest BCUT2D eigenvalue weighted by molar-refractivity contribution is -0.147. The molecule has 3 heteroatoms. The highest BCUT2D eigenvalue weighted by molar-refractivity contribution is 5.79. The number of carbonyl (C=O) groups is 1. The van der Waals surface area contributed by atoms with Crippen molar-refractivity contribution < 1.29 is 14.3 Å². The SMILES string of the molecule is CCOCCOC(=O)C(C1=CCCC1)C1=CCCC1. The molecule has 2 aliphatic rings. The summed E-state index contributed by atoms with van der Waals surface area (Å²) in [5.74, 6) is -0.187. The van der Waals surface area contributed by atoms with Crippen molar-refractivity contribution in [1.29, 1.82) is 0 Å². The van der Waals surface area contributed by atoms with Crippen LogP contribution in [0.2, 0.25) is 0 Å². The number of hydrogen-bond donors (Lipinski definition) is 0. The maximum atomic E-state index is 12.3. The third-order valence-corrected chi connectivity index (χ3v) is 3.81. The predicted octanol–water partition coefficient (Wildman–Crippen LogP) is 3.40. The van der Waals surface area contributed by atoms with Crippen LogP contribution in [0.3, 0.4) is 0 Å². The molecule has 2 rings (SSSR count). The summed E-state index contributed by atoms with van der Waals surface area (Å²) in [5.41, 5.74) is 2.55. The molecular weight excluding hydrogens is 240 g/mol. The van der Waals surface area contributed by atoms with Gasteiger partial charge < -0.3 is 9.47 Å². The van der Waals surface area contributed by atoms with Crippen LogP contribution in [0.4, 0.5) is 0 Å². The number of allylic oxidation sites excluding steroid dienone is 2. The first-order chi connectivity index (χ1) is 9.33. The predicted molar refractivity (Wildman–Crippen MR) is 74.8 cm³/mol. The van der Waals surface area contributed by atoms with Crippen molar-refractivity contribution >= 4 is 5.97 Å². The normalized spacial score (nSPS) is 18.6.